The van der Waals surface area contributed by atoms with E-state index in [-0.39, 0.29) is 16.4 Å². The van der Waals surface area contributed by atoms with Crippen LogP contribution in [0.4, 0.5) is 5.69 Å². The number of aromatic nitrogens is 3. The molecule has 0 aliphatic carbocycles. The normalized spacial score (nSPS) is 10.3. The van der Waals surface area contributed by atoms with E-state index in [1.807, 2.05) is 6.92 Å². The van der Waals surface area contributed by atoms with Crippen molar-refractivity contribution in [3.05, 3.63) is 40.4 Å². The van der Waals surface area contributed by atoms with Crippen LogP contribution >= 0.6 is 11.6 Å². The Morgan fingerprint density at radius 2 is 2.20 bits per heavy atom. The van der Waals surface area contributed by atoms with Crippen molar-refractivity contribution in [2.24, 2.45) is 5.73 Å². The summed E-state index contributed by atoms with van der Waals surface area (Å²) in [6.45, 7) is 1.89. The lowest BCUT2D eigenvalue weighted by Crippen LogP contribution is -2.15. The Balaban J connectivity index is 2.15. The largest absolute Gasteiger partial charge is 0.366 e. The van der Waals surface area contributed by atoms with Crippen LogP contribution in [0.25, 0.3) is 0 Å². The molecule has 1 aromatic heterocycles. The number of hydrogen-bond donors (Lipinski definition) is 3. The van der Waals surface area contributed by atoms with E-state index in [2.05, 4.69) is 20.5 Å². The standard InChI is InChI=1S/C12H12ClN5O2/c1-2-9-16-11(18-17-9)12(20)15-6-3-4-7(10(14)19)8(13)5-6/h3-5H,2H2,1H3,(H2,14,19)(H,15,20)(H,16,17,18). The molecule has 2 rings (SSSR count). The third kappa shape index (κ3) is 2.94. The van der Waals surface area contributed by atoms with Crippen molar-refractivity contribution in [1.82, 2.24) is 15.2 Å². The number of aromatic amines is 1. The van der Waals surface area contributed by atoms with Crippen LogP contribution < -0.4 is 11.1 Å². The van der Waals surface area contributed by atoms with Crippen LogP contribution in [0.1, 0.15) is 33.7 Å². The van der Waals surface area contributed by atoms with Crippen LogP contribution in [-0.2, 0) is 6.42 Å². The SMILES string of the molecule is CCc1nc(C(=O)Nc2ccc(C(N)=O)c(Cl)c2)n[nH]1. The van der Waals surface area contributed by atoms with Gasteiger partial charge in [0.2, 0.25) is 11.7 Å². The number of carbonyl (C=O) groups is 2. The second kappa shape index (κ2) is 5.70. The first-order chi connectivity index (χ1) is 9.51. The van der Waals surface area contributed by atoms with Gasteiger partial charge in [-0.3, -0.25) is 14.7 Å². The number of halogens is 1. The maximum Gasteiger partial charge on any atom is 0.295 e. The summed E-state index contributed by atoms with van der Waals surface area (Å²) in [7, 11) is 0. The summed E-state index contributed by atoms with van der Waals surface area (Å²) in [5.74, 6) is -0.438. The molecule has 0 saturated carbocycles. The Morgan fingerprint density at radius 1 is 1.45 bits per heavy atom. The number of nitrogens with two attached hydrogens (primary N) is 1. The molecule has 0 atom stereocenters. The van der Waals surface area contributed by atoms with Crippen LogP contribution in [0.3, 0.4) is 0 Å². The van der Waals surface area contributed by atoms with Crippen LogP contribution in [0, 0.1) is 0 Å². The average Bonchev–Trinajstić information content (AvgIpc) is 2.87. The molecule has 7 nitrogen and oxygen atoms in total. The predicted octanol–water partition coefficient (Wildman–Crippen LogP) is 1.37. The van der Waals surface area contributed by atoms with Crippen molar-refractivity contribution in [3.8, 4) is 0 Å². The second-order valence-corrected chi connectivity index (χ2v) is 4.38. The summed E-state index contributed by atoms with van der Waals surface area (Å²) in [4.78, 5) is 26.9. The van der Waals surface area contributed by atoms with Gasteiger partial charge in [-0.25, -0.2) is 4.98 Å². The molecular weight excluding hydrogens is 282 g/mol. The van der Waals surface area contributed by atoms with Crippen LogP contribution in [-0.4, -0.2) is 27.0 Å². The zero-order chi connectivity index (χ0) is 14.7. The zero-order valence-corrected chi connectivity index (χ0v) is 11.4. The minimum atomic E-state index is -0.630. The molecule has 0 fully saturated rings. The number of rotatable bonds is 4. The van der Waals surface area contributed by atoms with Crippen molar-refractivity contribution >= 4 is 29.1 Å². The number of primary amides is 1. The van der Waals surface area contributed by atoms with Gasteiger partial charge in [0.1, 0.15) is 5.82 Å². The highest BCUT2D eigenvalue weighted by Crippen LogP contribution is 2.20. The van der Waals surface area contributed by atoms with Crippen LogP contribution in [0.2, 0.25) is 5.02 Å². The van der Waals surface area contributed by atoms with E-state index in [1.165, 1.54) is 18.2 Å². The number of amides is 2. The maximum atomic E-state index is 11.9. The van der Waals surface area contributed by atoms with E-state index in [9.17, 15) is 9.59 Å². The van der Waals surface area contributed by atoms with Gasteiger partial charge < -0.3 is 11.1 Å². The van der Waals surface area contributed by atoms with Gasteiger partial charge in [-0.15, -0.1) is 5.10 Å². The minimum Gasteiger partial charge on any atom is -0.366 e. The number of benzene rings is 1. The van der Waals surface area contributed by atoms with E-state index >= 15 is 0 Å². The number of nitrogens with one attached hydrogen (secondary N) is 2. The highest BCUT2D eigenvalue weighted by atomic mass is 35.5. The molecule has 0 bridgehead atoms. The van der Waals surface area contributed by atoms with Crippen LogP contribution in [0.5, 0.6) is 0 Å². The van der Waals surface area contributed by atoms with Crippen molar-refractivity contribution in [2.45, 2.75) is 13.3 Å². The molecule has 0 radical (unpaired) electrons. The molecule has 20 heavy (non-hydrogen) atoms. The van der Waals surface area contributed by atoms with Gasteiger partial charge in [0.15, 0.2) is 0 Å². The highest BCUT2D eigenvalue weighted by molar-refractivity contribution is 6.34. The summed E-state index contributed by atoms with van der Waals surface area (Å²) in [5.41, 5.74) is 5.75. The molecule has 0 spiro atoms. The van der Waals surface area contributed by atoms with E-state index in [0.29, 0.717) is 17.9 Å². The lowest BCUT2D eigenvalue weighted by Gasteiger charge is -2.05. The zero-order valence-electron chi connectivity index (χ0n) is 10.6. The summed E-state index contributed by atoms with van der Waals surface area (Å²) in [6, 6.07) is 4.40. The molecular formula is C12H12ClN5O2. The molecule has 0 aliphatic heterocycles. The highest BCUT2D eigenvalue weighted by Gasteiger charge is 2.13. The number of anilines is 1. The Kier molecular flexibility index (Phi) is 3.99. The molecule has 0 unspecified atom stereocenters. The van der Waals surface area contributed by atoms with Gasteiger partial charge in [-0.2, -0.15) is 0 Å². The molecule has 4 N–H and O–H groups in total. The van der Waals surface area contributed by atoms with Crippen molar-refractivity contribution in [2.75, 3.05) is 5.32 Å². The third-order valence-electron chi connectivity index (χ3n) is 2.56. The van der Waals surface area contributed by atoms with Gasteiger partial charge in [0.05, 0.1) is 10.6 Å². The van der Waals surface area contributed by atoms with E-state index in [4.69, 9.17) is 17.3 Å². The lowest BCUT2D eigenvalue weighted by atomic mass is 10.2. The number of hydrogen-bond acceptors (Lipinski definition) is 4. The molecule has 8 heteroatoms. The molecule has 1 aromatic carbocycles. The average molecular weight is 294 g/mol. The number of carbonyl (C=O) groups excluding carboxylic acids is 2. The fraction of sp³-hybridized carbons (Fsp3) is 0.167. The molecule has 1 heterocycles. The first-order valence-corrected chi connectivity index (χ1v) is 6.21. The van der Waals surface area contributed by atoms with Gasteiger partial charge in [-0.1, -0.05) is 18.5 Å². The maximum absolute atomic E-state index is 11.9. The Labute approximate surface area is 119 Å². The van der Waals surface area contributed by atoms with Crippen molar-refractivity contribution < 1.29 is 9.59 Å². The van der Waals surface area contributed by atoms with Gasteiger partial charge in [0.25, 0.3) is 5.91 Å². The summed E-state index contributed by atoms with van der Waals surface area (Å²) in [5, 5.41) is 9.19. The summed E-state index contributed by atoms with van der Waals surface area (Å²) >= 11 is 5.89. The van der Waals surface area contributed by atoms with Crippen molar-refractivity contribution in [3.63, 3.8) is 0 Å². The third-order valence-corrected chi connectivity index (χ3v) is 2.87. The second-order valence-electron chi connectivity index (χ2n) is 3.97. The number of aryl methyl sites for hydroxylation is 1. The Bertz CT molecular complexity index is 668. The first-order valence-electron chi connectivity index (χ1n) is 5.83. The van der Waals surface area contributed by atoms with Gasteiger partial charge in [-0.05, 0) is 18.2 Å². The number of H-pyrrole nitrogens is 1. The minimum absolute atomic E-state index is 0.0388. The first kappa shape index (κ1) is 14.0. The topological polar surface area (TPSA) is 114 Å². The van der Waals surface area contributed by atoms with Crippen LogP contribution in [0.15, 0.2) is 18.2 Å². The predicted molar refractivity (Wildman–Crippen MR) is 73.7 cm³/mol. The molecule has 0 saturated heterocycles. The summed E-state index contributed by atoms with van der Waals surface area (Å²) < 4.78 is 0. The van der Waals surface area contributed by atoms with E-state index in [0.717, 1.165) is 0 Å². The van der Waals surface area contributed by atoms with E-state index < -0.39 is 11.8 Å². The number of nitrogens with zero attached hydrogens (tertiary/aromatic N) is 2. The fourth-order valence-corrected chi connectivity index (χ4v) is 1.81. The van der Waals surface area contributed by atoms with Crippen molar-refractivity contribution in [1.29, 1.82) is 0 Å². The molecule has 2 aromatic rings. The Morgan fingerprint density at radius 3 is 2.75 bits per heavy atom. The fourth-order valence-electron chi connectivity index (χ4n) is 1.53. The smallest absolute Gasteiger partial charge is 0.295 e. The Hall–Kier alpha value is -2.41. The monoisotopic (exact) mass is 293 g/mol. The lowest BCUT2D eigenvalue weighted by molar-refractivity contribution is 0.0997. The summed E-state index contributed by atoms with van der Waals surface area (Å²) in [6.07, 6.45) is 0.652. The quantitative estimate of drug-likeness (QED) is 0.790. The molecule has 0 aliphatic rings. The van der Waals surface area contributed by atoms with Gasteiger partial charge in [0, 0.05) is 12.1 Å². The van der Waals surface area contributed by atoms with E-state index in [1.54, 1.807) is 0 Å². The molecule has 2 amide bonds. The molecule has 104 valence electrons. The van der Waals surface area contributed by atoms with Gasteiger partial charge >= 0.3 is 0 Å².